The molecule has 2 heterocycles. The highest BCUT2D eigenvalue weighted by Crippen LogP contribution is 2.60. The van der Waals surface area contributed by atoms with Gasteiger partial charge in [0.05, 0.1) is 26.2 Å². The van der Waals surface area contributed by atoms with E-state index in [1.165, 1.54) is 19.3 Å². The Labute approximate surface area is 237 Å². The number of hydrogen-bond donors (Lipinski definition) is 1. The van der Waals surface area contributed by atoms with E-state index in [0.29, 0.717) is 6.61 Å². The Kier molecular flexibility index (Phi) is 7.16. The maximum absolute atomic E-state index is 13.7. The zero-order chi connectivity index (χ0) is 29.3. The molecule has 0 aromatic rings. The van der Waals surface area contributed by atoms with Gasteiger partial charge in [-0.1, -0.05) is 34.6 Å². The Hall–Kier alpha value is -2.42. The van der Waals surface area contributed by atoms with E-state index in [9.17, 15) is 24.3 Å². The summed E-state index contributed by atoms with van der Waals surface area (Å²) in [5.74, 6) is -0.912. The van der Waals surface area contributed by atoms with Crippen molar-refractivity contribution >= 4 is 23.6 Å². The van der Waals surface area contributed by atoms with Crippen molar-refractivity contribution < 1.29 is 38.5 Å². The number of ketones is 1. The van der Waals surface area contributed by atoms with E-state index in [1.54, 1.807) is 20.8 Å². The van der Waals surface area contributed by atoms with Crippen molar-refractivity contribution in [2.75, 3.05) is 19.8 Å². The number of rotatable bonds is 8. The quantitative estimate of drug-likeness (QED) is 0.152. The fourth-order valence-electron chi connectivity index (χ4n) is 8.56. The van der Waals surface area contributed by atoms with Gasteiger partial charge in [0.15, 0.2) is 0 Å². The van der Waals surface area contributed by atoms with Crippen molar-refractivity contribution in [3.05, 3.63) is 11.3 Å². The van der Waals surface area contributed by atoms with Gasteiger partial charge in [-0.25, -0.2) is 4.79 Å². The van der Waals surface area contributed by atoms with Crippen LogP contribution < -0.4 is 0 Å². The molecule has 0 unspecified atom stereocenters. The first-order valence-corrected chi connectivity index (χ1v) is 14.9. The van der Waals surface area contributed by atoms with Crippen molar-refractivity contribution in [1.82, 2.24) is 4.90 Å². The molecule has 6 aliphatic rings. The van der Waals surface area contributed by atoms with Crippen LogP contribution >= 0.6 is 0 Å². The summed E-state index contributed by atoms with van der Waals surface area (Å²) in [7, 11) is 0. The number of aliphatic hydroxyl groups excluding tert-OH is 1. The Balaban J connectivity index is 1.29. The van der Waals surface area contributed by atoms with Crippen molar-refractivity contribution in [3.63, 3.8) is 0 Å². The summed E-state index contributed by atoms with van der Waals surface area (Å²) >= 11 is 0. The zero-order valence-corrected chi connectivity index (χ0v) is 24.8. The van der Waals surface area contributed by atoms with Crippen molar-refractivity contribution in [1.29, 1.82) is 0 Å². The van der Waals surface area contributed by atoms with E-state index in [0.717, 1.165) is 41.9 Å². The SMILES string of the molecule is CCOC(=O)[C@]12CO[C@H](C(C)(C)C)N1C(=O)/C(=C(\O)CC(C)(C)CC(=O)OCC13CC4CC(CC(C4)C1)C3)C2=O. The molecule has 4 saturated carbocycles. The molecular weight excluding hydrogens is 514 g/mol. The van der Waals surface area contributed by atoms with Gasteiger partial charge in [-0.2, -0.15) is 0 Å². The topological polar surface area (TPSA) is 119 Å². The van der Waals surface area contributed by atoms with E-state index in [-0.39, 0.29) is 37.4 Å². The van der Waals surface area contributed by atoms with Crippen molar-refractivity contribution in [2.24, 2.45) is 34.0 Å². The highest BCUT2D eigenvalue weighted by Gasteiger charge is 2.70. The first-order chi connectivity index (χ1) is 18.6. The standard InChI is InChI=1S/C31H45NO8/c1-7-38-27(37)31-17-40-26(28(2,3)4)32(31)25(36)23(24(31)35)21(33)14-29(5,6)15-22(34)39-16-30-11-18-8-19(12-30)10-20(9-18)13-30/h18-20,26,33H,7-17H2,1-6H3/b23-21-/t18?,19?,20?,26-,30?,31-/m1/s1. The second-order valence-electron chi connectivity index (χ2n) is 15.0. The van der Waals surface area contributed by atoms with E-state index < -0.39 is 51.6 Å². The molecule has 2 aliphatic heterocycles. The zero-order valence-electron chi connectivity index (χ0n) is 24.8. The van der Waals surface area contributed by atoms with Crippen LogP contribution in [0.2, 0.25) is 0 Å². The van der Waals surface area contributed by atoms with Gasteiger partial charge >= 0.3 is 11.9 Å². The lowest BCUT2D eigenvalue weighted by atomic mass is 9.50. The first-order valence-electron chi connectivity index (χ1n) is 14.9. The summed E-state index contributed by atoms with van der Waals surface area (Å²) < 4.78 is 16.9. The Bertz CT molecular complexity index is 1100. The number of allylic oxidation sites excluding steroid dienone is 1. The average Bonchev–Trinajstić information content (AvgIpc) is 3.32. The van der Waals surface area contributed by atoms with Crippen molar-refractivity contribution in [3.8, 4) is 0 Å². The van der Waals surface area contributed by atoms with Crippen LogP contribution in [0.5, 0.6) is 0 Å². The van der Waals surface area contributed by atoms with E-state index >= 15 is 0 Å². The molecule has 0 radical (unpaired) electrons. The molecule has 4 bridgehead atoms. The molecule has 0 spiro atoms. The number of fused-ring (bicyclic) bond motifs is 1. The normalized spacial score (nSPS) is 36.2. The van der Waals surface area contributed by atoms with Gasteiger partial charge in [-0.3, -0.25) is 19.3 Å². The number of hydrogen-bond acceptors (Lipinski definition) is 8. The van der Waals surface area contributed by atoms with Crippen LogP contribution in [0.25, 0.3) is 0 Å². The monoisotopic (exact) mass is 559 g/mol. The summed E-state index contributed by atoms with van der Waals surface area (Å²) in [5.41, 5.74) is -3.67. The van der Waals surface area contributed by atoms with Crippen LogP contribution in [0.3, 0.4) is 0 Å². The number of Topliss-reactive ketones (excluding diaryl/α,β-unsaturated/α-hetero) is 1. The molecule has 0 aromatic heterocycles. The molecule has 6 fully saturated rings. The van der Waals surface area contributed by atoms with Crippen LogP contribution in [-0.4, -0.2) is 65.2 Å². The molecule has 2 saturated heterocycles. The molecule has 0 aromatic carbocycles. The third-order valence-corrected chi connectivity index (χ3v) is 9.75. The van der Waals surface area contributed by atoms with Crippen LogP contribution in [0, 0.1) is 34.0 Å². The fraction of sp³-hybridized carbons (Fsp3) is 0.806. The molecule has 40 heavy (non-hydrogen) atoms. The fourth-order valence-corrected chi connectivity index (χ4v) is 8.56. The summed E-state index contributed by atoms with van der Waals surface area (Å²) in [4.78, 5) is 54.6. The van der Waals surface area contributed by atoms with Gasteiger partial charge in [0.1, 0.15) is 17.6 Å². The van der Waals surface area contributed by atoms with Gasteiger partial charge < -0.3 is 19.3 Å². The Morgan fingerprint density at radius 3 is 2.08 bits per heavy atom. The van der Waals surface area contributed by atoms with E-state index in [2.05, 4.69) is 0 Å². The minimum absolute atomic E-state index is 0.0273. The predicted molar refractivity (Wildman–Crippen MR) is 145 cm³/mol. The van der Waals surface area contributed by atoms with E-state index in [1.807, 2.05) is 20.8 Å². The summed E-state index contributed by atoms with van der Waals surface area (Å²) in [6.45, 7) is 10.9. The molecule has 222 valence electrons. The lowest BCUT2D eigenvalue weighted by molar-refractivity contribution is -0.162. The third kappa shape index (κ3) is 4.86. The number of ether oxygens (including phenoxy) is 3. The largest absolute Gasteiger partial charge is 0.511 e. The van der Waals surface area contributed by atoms with Gasteiger partial charge in [-0.15, -0.1) is 0 Å². The minimum atomic E-state index is -1.96. The summed E-state index contributed by atoms with van der Waals surface area (Å²) in [5, 5.41) is 11.2. The maximum atomic E-state index is 13.7. The van der Waals surface area contributed by atoms with Crippen LogP contribution in [-0.2, 0) is 33.4 Å². The third-order valence-electron chi connectivity index (χ3n) is 9.75. The molecule has 1 N–H and O–H groups in total. The highest BCUT2D eigenvalue weighted by molar-refractivity contribution is 6.35. The predicted octanol–water partition coefficient (Wildman–Crippen LogP) is 4.48. The summed E-state index contributed by atoms with van der Waals surface area (Å²) in [6.07, 6.45) is 6.47. The number of carbonyl (C=O) groups excluding carboxylic acids is 4. The number of carbonyl (C=O) groups is 4. The van der Waals surface area contributed by atoms with E-state index in [4.69, 9.17) is 14.2 Å². The number of nitrogens with zero attached hydrogens (tertiary/aromatic N) is 1. The molecule has 9 nitrogen and oxygen atoms in total. The lowest BCUT2D eigenvalue weighted by Crippen LogP contribution is -2.58. The molecule has 9 heteroatoms. The van der Waals surface area contributed by atoms with Crippen LogP contribution in [0.4, 0.5) is 0 Å². The van der Waals surface area contributed by atoms with Crippen LogP contribution in [0.15, 0.2) is 11.3 Å². The second-order valence-corrected chi connectivity index (χ2v) is 15.0. The minimum Gasteiger partial charge on any atom is -0.511 e. The number of aliphatic hydroxyl groups is 1. The first kappa shape index (κ1) is 29.1. The van der Waals surface area contributed by atoms with Gasteiger partial charge in [0.25, 0.3) is 5.91 Å². The van der Waals surface area contributed by atoms with Gasteiger partial charge in [0, 0.05) is 17.3 Å². The highest BCUT2D eigenvalue weighted by atomic mass is 16.6. The van der Waals surface area contributed by atoms with Gasteiger partial charge in [-0.05, 0) is 68.6 Å². The number of esters is 2. The van der Waals surface area contributed by atoms with Gasteiger partial charge in [0.2, 0.25) is 11.3 Å². The Morgan fingerprint density at radius 2 is 1.55 bits per heavy atom. The van der Waals surface area contributed by atoms with Crippen molar-refractivity contribution in [2.45, 2.75) is 105 Å². The molecule has 1 amide bonds. The average molecular weight is 560 g/mol. The maximum Gasteiger partial charge on any atom is 0.342 e. The molecule has 4 aliphatic carbocycles. The lowest BCUT2D eigenvalue weighted by Gasteiger charge is -2.56. The Morgan fingerprint density at radius 1 is 0.975 bits per heavy atom. The summed E-state index contributed by atoms with van der Waals surface area (Å²) in [6, 6.07) is 0. The molecular formula is C31H45NO8. The number of amides is 1. The van der Waals surface area contributed by atoms with Crippen LogP contribution in [0.1, 0.15) is 92.9 Å². The molecule has 2 atom stereocenters. The molecule has 6 rings (SSSR count). The second kappa shape index (κ2) is 9.85. The smallest absolute Gasteiger partial charge is 0.342 e.